The average molecular weight is 349 g/mol. The molecule has 0 aromatic heterocycles. The lowest BCUT2D eigenvalue weighted by atomic mass is 10.1. The molecule has 3 N–H and O–H groups in total. The van der Waals surface area contributed by atoms with Gasteiger partial charge in [-0.1, -0.05) is 34.1 Å². The molecule has 0 unspecified atom stereocenters. The van der Waals surface area contributed by atoms with Crippen LogP contribution in [-0.4, -0.2) is 12.5 Å². The second kappa shape index (κ2) is 7.13. The maximum atomic E-state index is 11.9. The fourth-order valence-electron chi connectivity index (χ4n) is 1.87. The lowest BCUT2D eigenvalue weighted by molar-refractivity contribution is -0.123. The molecule has 0 heterocycles. The molecule has 0 bridgehead atoms. The first kappa shape index (κ1) is 15.4. The van der Waals surface area contributed by atoms with E-state index in [2.05, 4.69) is 21.2 Å². The van der Waals surface area contributed by atoms with E-state index in [4.69, 9.17) is 10.5 Å². The number of benzene rings is 2. The summed E-state index contributed by atoms with van der Waals surface area (Å²) in [7, 11) is 0. The number of ether oxygens (including phenoxy) is 1. The number of anilines is 1. The van der Waals surface area contributed by atoms with Crippen molar-refractivity contribution in [3.05, 3.63) is 58.6 Å². The van der Waals surface area contributed by atoms with Crippen molar-refractivity contribution in [1.29, 1.82) is 0 Å². The van der Waals surface area contributed by atoms with Crippen LogP contribution in [0.2, 0.25) is 0 Å². The number of hydrogen-bond acceptors (Lipinski definition) is 3. The summed E-state index contributed by atoms with van der Waals surface area (Å²) in [4.78, 5) is 11.9. The Kier molecular flexibility index (Phi) is 5.22. The summed E-state index contributed by atoms with van der Waals surface area (Å²) in [5.41, 5.74) is 7.29. The van der Waals surface area contributed by atoms with Crippen molar-refractivity contribution in [3.8, 4) is 5.75 Å². The Morgan fingerprint density at radius 2 is 2.00 bits per heavy atom. The predicted octanol–water partition coefficient (Wildman–Crippen LogP) is 3.29. The minimum atomic E-state index is -0.173. The van der Waals surface area contributed by atoms with E-state index in [-0.39, 0.29) is 18.6 Å². The molecule has 110 valence electrons. The highest BCUT2D eigenvalue weighted by atomic mass is 79.9. The minimum absolute atomic E-state index is 0.0374. The molecule has 0 saturated carbocycles. The molecule has 1 amide bonds. The zero-order chi connectivity index (χ0) is 15.2. The first-order valence-electron chi connectivity index (χ1n) is 6.58. The standard InChI is InChI=1S/C16H17BrN2O2/c1-11(12-5-7-13(17)8-6-12)19-16(20)10-21-15-4-2-3-14(18)9-15/h2-9,11H,10,18H2,1H3,(H,19,20)/t11-/m0/s1. The lowest BCUT2D eigenvalue weighted by Crippen LogP contribution is -2.31. The smallest absolute Gasteiger partial charge is 0.258 e. The minimum Gasteiger partial charge on any atom is -0.484 e. The summed E-state index contributed by atoms with van der Waals surface area (Å²) < 4.78 is 6.41. The van der Waals surface area contributed by atoms with Crippen LogP contribution < -0.4 is 15.8 Å². The molecular formula is C16H17BrN2O2. The lowest BCUT2D eigenvalue weighted by Gasteiger charge is -2.15. The van der Waals surface area contributed by atoms with Gasteiger partial charge in [-0.05, 0) is 36.8 Å². The molecule has 21 heavy (non-hydrogen) atoms. The molecule has 0 fully saturated rings. The van der Waals surface area contributed by atoms with E-state index in [1.165, 1.54) is 0 Å². The van der Waals surface area contributed by atoms with E-state index in [1.807, 2.05) is 31.2 Å². The maximum Gasteiger partial charge on any atom is 0.258 e. The number of rotatable bonds is 5. The van der Waals surface area contributed by atoms with Crippen molar-refractivity contribution in [1.82, 2.24) is 5.32 Å². The van der Waals surface area contributed by atoms with Crippen molar-refractivity contribution in [2.24, 2.45) is 0 Å². The van der Waals surface area contributed by atoms with Crippen molar-refractivity contribution >= 4 is 27.5 Å². The highest BCUT2D eigenvalue weighted by Gasteiger charge is 2.10. The molecular weight excluding hydrogens is 332 g/mol. The molecule has 0 spiro atoms. The van der Waals surface area contributed by atoms with Gasteiger partial charge >= 0.3 is 0 Å². The Morgan fingerprint density at radius 1 is 1.29 bits per heavy atom. The van der Waals surface area contributed by atoms with Crippen molar-refractivity contribution in [2.45, 2.75) is 13.0 Å². The van der Waals surface area contributed by atoms with E-state index < -0.39 is 0 Å². The van der Waals surface area contributed by atoms with Gasteiger partial charge in [-0.2, -0.15) is 0 Å². The van der Waals surface area contributed by atoms with E-state index in [9.17, 15) is 4.79 Å². The van der Waals surface area contributed by atoms with E-state index in [1.54, 1.807) is 24.3 Å². The van der Waals surface area contributed by atoms with Crippen LogP contribution in [0.3, 0.4) is 0 Å². The van der Waals surface area contributed by atoms with Gasteiger partial charge in [-0.3, -0.25) is 4.79 Å². The molecule has 5 heteroatoms. The van der Waals surface area contributed by atoms with Crippen LogP contribution >= 0.6 is 15.9 Å². The SMILES string of the molecule is C[C@H](NC(=O)COc1cccc(N)c1)c1ccc(Br)cc1. The molecule has 2 aromatic rings. The predicted molar refractivity (Wildman–Crippen MR) is 87.0 cm³/mol. The number of hydrogen-bond donors (Lipinski definition) is 2. The molecule has 0 radical (unpaired) electrons. The van der Waals surface area contributed by atoms with E-state index in [0.717, 1.165) is 10.0 Å². The van der Waals surface area contributed by atoms with Gasteiger partial charge in [-0.15, -0.1) is 0 Å². The monoisotopic (exact) mass is 348 g/mol. The van der Waals surface area contributed by atoms with Crippen molar-refractivity contribution in [2.75, 3.05) is 12.3 Å². The zero-order valence-electron chi connectivity index (χ0n) is 11.7. The van der Waals surface area contributed by atoms with E-state index in [0.29, 0.717) is 11.4 Å². The van der Waals surface area contributed by atoms with Crippen LogP contribution in [-0.2, 0) is 4.79 Å². The van der Waals surface area contributed by atoms with Crippen LogP contribution in [0.25, 0.3) is 0 Å². The molecule has 2 aromatic carbocycles. The molecule has 0 saturated heterocycles. The highest BCUT2D eigenvalue weighted by Crippen LogP contribution is 2.17. The number of amides is 1. The Hall–Kier alpha value is -2.01. The molecule has 0 aliphatic rings. The summed E-state index contributed by atoms with van der Waals surface area (Å²) in [6.45, 7) is 1.89. The summed E-state index contributed by atoms with van der Waals surface area (Å²) in [6.07, 6.45) is 0. The Balaban J connectivity index is 1.85. The van der Waals surface area contributed by atoms with Gasteiger partial charge in [0, 0.05) is 16.2 Å². The van der Waals surface area contributed by atoms with Crippen molar-refractivity contribution < 1.29 is 9.53 Å². The second-order valence-corrected chi connectivity index (χ2v) is 5.62. The largest absolute Gasteiger partial charge is 0.484 e. The third-order valence-electron chi connectivity index (χ3n) is 2.98. The van der Waals surface area contributed by atoms with Crippen LogP contribution in [0.15, 0.2) is 53.0 Å². The summed E-state index contributed by atoms with van der Waals surface area (Å²) in [5, 5.41) is 2.89. The Bertz CT molecular complexity index is 614. The summed E-state index contributed by atoms with van der Waals surface area (Å²) in [6, 6.07) is 14.8. The average Bonchev–Trinajstić information content (AvgIpc) is 2.46. The normalized spacial score (nSPS) is 11.7. The van der Waals surface area contributed by atoms with Gasteiger partial charge < -0.3 is 15.8 Å². The molecule has 1 atom stereocenters. The highest BCUT2D eigenvalue weighted by molar-refractivity contribution is 9.10. The summed E-state index contributed by atoms with van der Waals surface area (Å²) in [5.74, 6) is 0.411. The molecule has 0 aliphatic heterocycles. The Labute approximate surface area is 132 Å². The van der Waals surface area contributed by atoms with Gasteiger partial charge in [0.1, 0.15) is 5.75 Å². The van der Waals surface area contributed by atoms with Gasteiger partial charge in [0.15, 0.2) is 6.61 Å². The number of nitrogens with two attached hydrogens (primary N) is 1. The number of nitrogens with one attached hydrogen (secondary N) is 1. The zero-order valence-corrected chi connectivity index (χ0v) is 13.3. The summed E-state index contributed by atoms with van der Waals surface area (Å²) >= 11 is 3.38. The van der Waals surface area contributed by atoms with Crippen LogP contribution in [0.4, 0.5) is 5.69 Å². The first-order chi connectivity index (χ1) is 10.0. The van der Waals surface area contributed by atoms with Gasteiger partial charge in [0.05, 0.1) is 6.04 Å². The third kappa shape index (κ3) is 4.79. The van der Waals surface area contributed by atoms with E-state index >= 15 is 0 Å². The molecule has 0 aliphatic carbocycles. The van der Waals surface area contributed by atoms with Gasteiger partial charge in [-0.25, -0.2) is 0 Å². The number of carbonyl (C=O) groups is 1. The van der Waals surface area contributed by atoms with Crippen LogP contribution in [0.5, 0.6) is 5.75 Å². The number of carbonyl (C=O) groups excluding carboxylic acids is 1. The second-order valence-electron chi connectivity index (χ2n) is 4.70. The Morgan fingerprint density at radius 3 is 2.67 bits per heavy atom. The third-order valence-corrected chi connectivity index (χ3v) is 3.50. The fraction of sp³-hybridized carbons (Fsp3) is 0.188. The van der Waals surface area contributed by atoms with Gasteiger partial charge in [0.25, 0.3) is 5.91 Å². The topological polar surface area (TPSA) is 64.3 Å². The maximum absolute atomic E-state index is 11.9. The van der Waals surface area contributed by atoms with Crippen LogP contribution in [0, 0.1) is 0 Å². The molecule has 4 nitrogen and oxygen atoms in total. The first-order valence-corrected chi connectivity index (χ1v) is 7.37. The van der Waals surface area contributed by atoms with Crippen LogP contribution in [0.1, 0.15) is 18.5 Å². The quantitative estimate of drug-likeness (QED) is 0.815. The molecule has 2 rings (SSSR count). The number of halogens is 1. The van der Waals surface area contributed by atoms with Crippen molar-refractivity contribution in [3.63, 3.8) is 0 Å². The number of nitrogen functional groups attached to an aromatic ring is 1. The van der Waals surface area contributed by atoms with Gasteiger partial charge in [0.2, 0.25) is 0 Å². The fourth-order valence-corrected chi connectivity index (χ4v) is 2.14.